The predicted molar refractivity (Wildman–Crippen MR) is 54.1 cm³/mol. The van der Waals surface area contributed by atoms with Gasteiger partial charge in [-0.05, 0) is 6.26 Å². The molecule has 0 saturated carbocycles. The maximum Gasteiger partial charge on any atom is 0.258 e. The minimum atomic E-state index is 0.455. The van der Waals surface area contributed by atoms with Crippen LogP contribution in [0, 0.1) is 0 Å². The smallest absolute Gasteiger partial charge is 0.258 e. The number of nitrogens with zero attached hydrogens (tertiary/aromatic N) is 1. The number of ether oxygens (including phenoxy) is 2. The van der Waals surface area contributed by atoms with Crippen LogP contribution in [0.15, 0.2) is 11.1 Å². The third kappa shape index (κ3) is 2.00. The van der Waals surface area contributed by atoms with Gasteiger partial charge in [-0.2, -0.15) is 0 Å². The van der Waals surface area contributed by atoms with E-state index in [0.717, 1.165) is 4.90 Å². The molecule has 0 unspecified atom stereocenters. The first-order valence-corrected chi connectivity index (χ1v) is 5.15. The van der Waals surface area contributed by atoms with Crippen LogP contribution < -0.4 is 9.47 Å². The molecule has 1 aromatic rings. The van der Waals surface area contributed by atoms with Crippen LogP contribution in [0.1, 0.15) is 0 Å². The summed E-state index contributed by atoms with van der Waals surface area (Å²) in [4.78, 5) is 4.83. The number of methoxy groups -OCH3 is 2. The summed E-state index contributed by atoms with van der Waals surface area (Å²) in [7, 11) is 3.11. The second-order valence-electron chi connectivity index (χ2n) is 2.18. The zero-order valence-corrected chi connectivity index (χ0v) is 9.20. The molecule has 0 bridgehead atoms. The highest BCUT2D eigenvalue weighted by atomic mass is 35.5. The van der Waals surface area contributed by atoms with Gasteiger partial charge in [0.05, 0.1) is 30.3 Å². The maximum atomic E-state index is 5.92. The Balaban J connectivity index is 3.27. The Morgan fingerprint density at radius 3 is 2.54 bits per heavy atom. The number of thioether (sulfide) groups is 1. The van der Waals surface area contributed by atoms with Crippen molar-refractivity contribution in [3.05, 3.63) is 11.2 Å². The lowest BCUT2D eigenvalue weighted by atomic mass is 10.4. The van der Waals surface area contributed by atoms with Gasteiger partial charge in [-0.15, -0.1) is 11.8 Å². The molecule has 13 heavy (non-hydrogen) atoms. The first-order chi connectivity index (χ1) is 6.24. The molecule has 0 atom stereocenters. The van der Waals surface area contributed by atoms with Crippen molar-refractivity contribution in [2.75, 3.05) is 20.5 Å². The lowest BCUT2D eigenvalue weighted by Gasteiger charge is -2.10. The summed E-state index contributed by atoms with van der Waals surface area (Å²) in [5.74, 6) is 1.04. The van der Waals surface area contributed by atoms with Crippen molar-refractivity contribution in [3.8, 4) is 11.6 Å². The van der Waals surface area contributed by atoms with E-state index in [9.17, 15) is 0 Å². The molecule has 0 aliphatic rings. The van der Waals surface area contributed by atoms with Crippen LogP contribution in [0.25, 0.3) is 0 Å². The van der Waals surface area contributed by atoms with Crippen LogP contribution in [0.3, 0.4) is 0 Å². The third-order valence-corrected chi connectivity index (χ3v) is 2.73. The molecule has 5 heteroatoms. The molecule has 0 aliphatic heterocycles. The molecule has 0 aromatic carbocycles. The Labute approximate surface area is 86.4 Å². The summed E-state index contributed by atoms with van der Waals surface area (Å²) in [6, 6.07) is 0. The van der Waals surface area contributed by atoms with Gasteiger partial charge in [-0.1, -0.05) is 11.6 Å². The van der Waals surface area contributed by atoms with E-state index in [0.29, 0.717) is 16.7 Å². The lowest BCUT2D eigenvalue weighted by Crippen LogP contribution is -1.95. The Bertz CT molecular complexity index is 306. The van der Waals surface area contributed by atoms with Gasteiger partial charge in [-0.3, -0.25) is 0 Å². The lowest BCUT2D eigenvalue weighted by molar-refractivity contribution is 0.336. The molecule has 1 rings (SSSR count). The molecule has 0 spiro atoms. The SMILES string of the molecule is COc1ncc(Cl)c(SC)c1OC. The van der Waals surface area contributed by atoms with Crippen LogP contribution in [-0.4, -0.2) is 25.5 Å². The van der Waals surface area contributed by atoms with E-state index in [-0.39, 0.29) is 0 Å². The molecule has 72 valence electrons. The van der Waals surface area contributed by atoms with Crippen molar-refractivity contribution >= 4 is 23.4 Å². The molecular formula is C8H10ClNO2S. The third-order valence-electron chi connectivity index (χ3n) is 1.51. The van der Waals surface area contributed by atoms with Gasteiger partial charge in [0.15, 0.2) is 5.75 Å². The fourth-order valence-corrected chi connectivity index (χ4v) is 1.92. The summed E-state index contributed by atoms with van der Waals surface area (Å²) < 4.78 is 10.2. The highest BCUT2D eigenvalue weighted by Gasteiger charge is 2.13. The number of hydrogen-bond acceptors (Lipinski definition) is 4. The highest BCUT2D eigenvalue weighted by molar-refractivity contribution is 7.98. The summed E-state index contributed by atoms with van der Waals surface area (Å²) in [5.41, 5.74) is 0. The Morgan fingerprint density at radius 2 is 2.08 bits per heavy atom. The van der Waals surface area contributed by atoms with Gasteiger partial charge >= 0.3 is 0 Å². The van der Waals surface area contributed by atoms with Crippen LogP contribution in [0.4, 0.5) is 0 Å². The number of pyridine rings is 1. The van der Waals surface area contributed by atoms with Gasteiger partial charge in [0.1, 0.15) is 0 Å². The first kappa shape index (κ1) is 10.5. The van der Waals surface area contributed by atoms with Crippen LogP contribution >= 0.6 is 23.4 Å². The summed E-state index contributed by atoms with van der Waals surface area (Å²) >= 11 is 7.42. The van der Waals surface area contributed by atoms with Crippen molar-refractivity contribution < 1.29 is 9.47 Å². The monoisotopic (exact) mass is 219 g/mol. The number of rotatable bonds is 3. The average molecular weight is 220 g/mol. The Hall–Kier alpha value is -0.610. The standard InChI is InChI=1S/C8H10ClNO2S/c1-11-6-7(13-3)5(9)4-10-8(6)12-2/h4H,1-3H3. The van der Waals surface area contributed by atoms with E-state index < -0.39 is 0 Å². The first-order valence-electron chi connectivity index (χ1n) is 3.55. The summed E-state index contributed by atoms with van der Waals surface area (Å²) in [6.07, 6.45) is 3.47. The van der Waals surface area contributed by atoms with Crippen molar-refractivity contribution in [2.45, 2.75) is 4.90 Å². The van der Waals surface area contributed by atoms with Crippen molar-refractivity contribution in [2.24, 2.45) is 0 Å². The minimum absolute atomic E-state index is 0.455. The maximum absolute atomic E-state index is 5.92. The van der Waals surface area contributed by atoms with Crippen molar-refractivity contribution in [1.82, 2.24) is 4.98 Å². The quantitative estimate of drug-likeness (QED) is 0.731. The van der Waals surface area contributed by atoms with Crippen molar-refractivity contribution in [1.29, 1.82) is 0 Å². The van der Waals surface area contributed by atoms with Crippen LogP contribution in [-0.2, 0) is 0 Å². The number of halogens is 1. The highest BCUT2D eigenvalue weighted by Crippen LogP contribution is 2.39. The van der Waals surface area contributed by atoms with E-state index in [1.165, 1.54) is 11.8 Å². The second kappa shape index (κ2) is 4.58. The molecular weight excluding hydrogens is 210 g/mol. The van der Waals surface area contributed by atoms with E-state index in [1.807, 2.05) is 6.26 Å². The zero-order chi connectivity index (χ0) is 9.84. The normalized spacial score (nSPS) is 9.85. The van der Waals surface area contributed by atoms with Gasteiger partial charge in [0, 0.05) is 0 Å². The van der Waals surface area contributed by atoms with E-state index >= 15 is 0 Å². The molecule has 1 heterocycles. The molecule has 0 saturated heterocycles. The van der Waals surface area contributed by atoms with Gasteiger partial charge < -0.3 is 9.47 Å². The fraction of sp³-hybridized carbons (Fsp3) is 0.375. The van der Waals surface area contributed by atoms with Crippen LogP contribution in [0.2, 0.25) is 5.02 Å². The van der Waals surface area contributed by atoms with Crippen molar-refractivity contribution in [3.63, 3.8) is 0 Å². The molecule has 0 N–H and O–H groups in total. The largest absolute Gasteiger partial charge is 0.490 e. The molecule has 0 amide bonds. The molecule has 3 nitrogen and oxygen atoms in total. The molecule has 1 aromatic heterocycles. The minimum Gasteiger partial charge on any atom is -0.490 e. The molecule has 0 fully saturated rings. The summed E-state index contributed by atoms with van der Waals surface area (Å²) in [5, 5.41) is 0.574. The molecule has 0 radical (unpaired) electrons. The van der Waals surface area contributed by atoms with Gasteiger partial charge in [0.25, 0.3) is 5.88 Å². The molecule has 0 aliphatic carbocycles. The van der Waals surface area contributed by atoms with E-state index in [2.05, 4.69) is 4.98 Å². The predicted octanol–water partition coefficient (Wildman–Crippen LogP) is 2.47. The number of hydrogen-bond donors (Lipinski definition) is 0. The van der Waals surface area contributed by atoms with E-state index in [4.69, 9.17) is 21.1 Å². The van der Waals surface area contributed by atoms with Gasteiger partial charge in [0.2, 0.25) is 0 Å². The van der Waals surface area contributed by atoms with E-state index in [1.54, 1.807) is 20.4 Å². The topological polar surface area (TPSA) is 31.4 Å². The van der Waals surface area contributed by atoms with Gasteiger partial charge in [-0.25, -0.2) is 4.98 Å². The second-order valence-corrected chi connectivity index (χ2v) is 3.41. The Kier molecular flexibility index (Phi) is 3.69. The Morgan fingerprint density at radius 1 is 1.38 bits per heavy atom. The summed E-state index contributed by atoms with van der Waals surface area (Å²) in [6.45, 7) is 0. The zero-order valence-electron chi connectivity index (χ0n) is 7.63. The fourth-order valence-electron chi connectivity index (χ4n) is 0.954. The van der Waals surface area contributed by atoms with Crippen LogP contribution in [0.5, 0.6) is 11.6 Å². The average Bonchev–Trinajstić information content (AvgIpc) is 2.17. The number of aromatic nitrogens is 1.